The zero-order valence-electron chi connectivity index (χ0n) is 21.7. The van der Waals surface area contributed by atoms with E-state index in [1.54, 1.807) is 18.2 Å². The molecule has 3 aromatic carbocycles. The van der Waals surface area contributed by atoms with Crippen molar-refractivity contribution in [2.45, 2.75) is 46.1 Å². The van der Waals surface area contributed by atoms with Crippen LogP contribution >= 0.6 is 0 Å². The number of hydrogen-bond donors (Lipinski definition) is 2. The van der Waals surface area contributed by atoms with Crippen LogP contribution in [0.4, 0.5) is 5.69 Å². The molecule has 0 aliphatic carbocycles. The molecule has 2 aliphatic heterocycles. The van der Waals surface area contributed by atoms with Crippen LogP contribution in [0, 0.1) is 12.8 Å². The first-order chi connectivity index (χ1) is 18.2. The highest BCUT2D eigenvalue weighted by molar-refractivity contribution is 6.39. The average molecular weight is 515 g/mol. The fourth-order valence-electron chi connectivity index (χ4n) is 5.66. The molecular weight excluding hydrogens is 484 g/mol. The van der Waals surface area contributed by atoms with Crippen molar-refractivity contribution < 1.29 is 29.4 Å². The molecule has 0 fully saturated rings. The van der Waals surface area contributed by atoms with E-state index >= 15 is 0 Å². The lowest BCUT2D eigenvalue weighted by atomic mass is 9.85. The molecule has 5 rings (SSSR count). The van der Waals surface area contributed by atoms with Crippen LogP contribution in [0.25, 0.3) is 10.8 Å². The van der Waals surface area contributed by atoms with Crippen LogP contribution in [0.2, 0.25) is 0 Å². The first kappa shape index (κ1) is 25.8. The van der Waals surface area contributed by atoms with Crippen molar-refractivity contribution in [2.24, 2.45) is 5.92 Å². The minimum atomic E-state index is -0.674. The lowest BCUT2D eigenvalue weighted by molar-refractivity contribution is 0.0443. The molecule has 2 heterocycles. The molecular formula is C30H30N2O6. The summed E-state index contributed by atoms with van der Waals surface area (Å²) in [5.74, 6) is -1.97. The molecule has 8 nitrogen and oxygen atoms in total. The average Bonchev–Trinajstić information content (AvgIpc) is 2.89. The van der Waals surface area contributed by atoms with Gasteiger partial charge in [0, 0.05) is 39.6 Å². The van der Waals surface area contributed by atoms with E-state index in [4.69, 9.17) is 5.11 Å². The van der Waals surface area contributed by atoms with Gasteiger partial charge in [0.1, 0.15) is 0 Å². The minimum absolute atomic E-state index is 0.0792. The number of aliphatic hydroxyl groups excluding tert-OH is 2. The van der Waals surface area contributed by atoms with E-state index < -0.39 is 29.7 Å². The Kier molecular flexibility index (Phi) is 6.63. The SMILES string of the molecule is Cc1cc(CCCO)ccc1N1C(=O)c2ccc3c4c(ccc(c24)C1=O)C(=O)N(C(CO)CC(C)C)C3=O. The number of imide groups is 2. The van der Waals surface area contributed by atoms with Crippen LogP contribution in [-0.4, -0.2) is 58.0 Å². The molecule has 1 atom stereocenters. The van der Waals surface area contributed by atoms with Gasteiger partial charge < -0.3 is 10.2 Å². The Balaban J connectivity index is 1.61. The maximum absolute atomic E-state index is 13.7. The first-order valence-electron chi connectivity index (χ1n) is 12.9. The van der Waals surface area contributed by atoms with Crippen LogP contribution in [0.3, 0.4) is 0 Å². The van der Waals surface area contributed by atoms with Crippen LogP contribution < -0.4 is 4.90 Å². The van der Waals surface area contributed by atoms with Crippen LogP contribution in [-0.2, 0) is 6.42 Å². The molecule has 0 bridgehead atoms. The standard InChI is InChI=1S/C30H30N2O6/c1-16(2)13-19(15-34)31-27(35)20-7-9-22-26-23(10-8-21(25(20)26)28(31)36)30(38)32(29(22)37)24-11-6-18(5-4-12-33)14-17(24)3/h6-11,14,16,19,33-34H,4-5,12-13,15H2,1-3H3. The van der Waals surface area contributed by atoms with Crippen molar-refractivity contribution in [3.05, 3.63) is 75.8 Å². The van der Waals surface area contributed by atoms with Gasteiger partial charge in [-0.1, -0.05) is 26.0 Å². The monoisotopic (exact) mass is 514 g/mol. The summed E-state index contributed by atoms with van der Waals surface area (Å²) in [5.41, 5.74) is 3.18. The maximum atomic E-state index is 13.7. The van der Waals surface area contributed by atoms with Gasteiger partial charge in [0.05, 0.1) is 18.3 Å². The predicted molar refractivity (Wildman–Crippen MR) is 143 cm³/mol. The third-order valence-electron chi connectivity index (χ3n) is 7.37. The van der Waals surface area contributed by atoms with E-state index in [0.29, 0.717) is 35.7 Å². The van der Waals surface area contributed by atoms with E-state index in [2.05, 4.69) is 0 Å². The molecule has 2 N–H and O–H groups in total. The summed E-state index contributed by atoms with van der Waals surface area (Å²) in [4.78, 5) is 56.7. The Morgan fingerprint density at radius 3 is 1.74 bits per heavy atom. The second kappa shape index (κ2) is 9.78. The molecule has 0 radical (unpaired) electrons. The summed E-state index contributed by atoms with van der Waals surface area (Å²) in [6.07, 6.45) is 1.75. The number of rotatable bonds is 8. The molecule has 0 saturated carbocycles. The van der Waals surface area contributed by atoms with Gasteiger partial charge in [-0.2, -0.15) is 0 Å². The number of carbonyl (C=O) groups is 4. The fraction of sp³-hybridized carbons (Fsp3) is 0.333. The van der Waals surface area contributed by atoms with E-state index in [0.717, 1.165) is 20.9 Å². The fourth-order valence-corrected chi connectivity index (χ4v) is 5.66. The number of nitrogens with zero attached hydrogens (tertiary/aromatic N) is 2. The largest absolute Gasteiger partial charge is 0.396 e. The summed E-state index contributed by atoms with van der Waals surface area (Å²) in [6.45, 7) is 5.46. The molecule has 0 saturated heterocycles. The van der Waals surface area contributed by atoms with E-state index in [1.807, 2.05) is 32.9 Å². The van der Waals surface area contributed by atoms with Crippen molar-refractivity contribution in [1.82, 2.24) is 4.90 Å². The summed E-state index contributed by atoms with van der Waals surface area (Å²) in [6, 6.07) is 11.0. The molecule has 196 valence electrons. The summed E-state index contributed by atoms with van der Waals surface area (Å²) >= 11 is 0. The minimum Gasteiger partial charge on any atom is -0.396 e. The van der Waals surface area contributed by atoms with Gasteiger partial charge in [-0.25, -0.2) is 4.90 Å². The van der Waals surface area contributed by atoms with Crippen molar-refractivity contribution >= 4 is 40.1 Å². The third kappa shape index (κ3) is 3.92. The van der Waals surface area contributed by atoms with Gasteiger partial charge in [-0.05, 0) is 73.6 Å². The number of amides is 4. The van der Waals surface area contributed by atoms with Crippen molar-refractivity contribution in [3.63, 3.8) is 0 Å². The molecule has 4 amide bonds. The van der Waals surface area contributed by atoms with E-state index in [9.17, 15) is 24.3 Å². The maximum Gasteiger partial charge on any atom is 0.265 e. The second-order valence-electron chi connectivity index (χ2n) is 10.4. The number of aliphatic hydroxyl groups is 2. The zero-order valence-corrected chi connectivity index (χ0v) is 21.7. The number of aryl methyl sites for hydroxylation is 2. The van der Waals surface area contributed by atoms with Crippen LogP contribution in [0.15, 0.2) is 42.5 Å². The highest BCUT2D eigenvalue weighted by atomic mass is 16.3. The Morgan fingerprint density at radius 1 is 0.763 bits per heavy atom. The molecule has 8 heteroatoms. The Labute approximate surface area is 220 Å². The molecule has 38 heavy (non-hydrogen) atoms. The van der Waals surface area contributed by atoms with E-state index in [1.165, 1.54) is 12.1 Å². The lowest BCUT2D eigenvalue weighted by Crippen LogP contribution is -2.49. The Bertz CT molecular complexity index is 1440. The van der Waals surface area contributed by atoms with Gasteiger partial charge >= 0.3 is 0 Å². The quantitative estimate of drug-likeness (QED) is 0.441. The predicted octanol–water partition coefficient (Wildman–Crippen LogP) is 3.88. The Morgan fingerprint density at radius 2 is 1.29 bits per heavy atom. The highest BCUT2D eigenvalue weighted by Crippen LogP contribution is 2.40. The second-order valence-corrected chi connectivity index (χ2v) is 10.4. The van der Waals surface area contributed by atoms with Crippen molar-refractivity contribution in [2.75, 3.05) is 18.1 Å². The molecule has 0 spiro atoms. The third-order valence-corrected chi connectivity index (χ3v) is 7.37. The van der Waals surface area contributed by atoms with Gasteiger partial charge in [0.15, 0.2) is 0 Å². The van der Waals surface area contributed by atoms with Crippen LogP contribution in [0.1, 0.15) is 79.2 Å². The molecule has 2 aliphatic rings. The summed E-state index contributed by atoms with van der Waals surface area (Å²) in [5, 5.41) is 19.7. The topological polar surface area (TPSA) is 115 Å². The summed E-state index contributed by atoms with van der Waals surface area (Å²) in [7, 11) is 0. The smallest absolute Gasteiger partial charge is 0.265 e. The number of benzene rings is 3. The molecule has 1 unspecified atom stereocenters. The van der Waals surface area contributed by atoms with Crippen molar-refractivity contribution in [1.29, 1.82) is 0 Å². The first-order valence-corrected chi connectivity index (χ1v) is 12.9. The lowest BCUT2D eigenvalue weighted by Gasteiger charge is -2.35. The molecule has 3 aromatic rings. The van der Waals surface area contributed by atoms with Crippen molar-refractivity contribution in [3.8, 4) is 0 Å². The van der Waals surface area contributed by atoms with Gasteiger partial charge in [-0.3, -0.25) is 24.1 Å². The highest BCUT2D eigenvalue weighted by Gasteiger charge is 2.42. The molecule has 0 aromatic heterocycles. The number of anilines is 1. The van der Waals surface area contributed by atoms with Gasteiger partial charge in [0.25, 0.3) is 23.6 Å². The van der Waals surface area contributed by atoms with Gasteiger partial charge in [0.2, 0.25) is 0 Å². The van der Waals surface area contributed by atoms with E-state index in [-0.39, 0.29) is 41.4 Å². The number of hydrogen-bond acceptors (Lipinski definition) is 6. The normalized spacial score (nSPS) is 15.7. The zero-order chi connectivity index (χ0) is 27.3. The van der Waals surface area contributed by atoms with Gasteiger partial charge in [-0.15, -0.1) is 0 Å². The summed E-state index contributed by atoms with van der Waals surface area (Å²) < 4.78 is 0. The number of carbonyl (C=O) groups excluding carboxylic acids is 4. The Hall–Kier alpha value is -3.88. The van der Waals surface area contributed by atoms with Crippen LogP contribution in [0.5, 0.6) is 0 Å².